The summed E-state index contributed by atoms with van der Waals surface area (Å²) in [4.78, 5) is 0. The van der Waals surface area contributed by atoms with Crippen LogP contribution in [0.2, 0.25) is 0 Å². The van der Waals surface area contributed by atoms with Crippen LogP contribution in [0.5, 0.6) is 0 Å². The van der Waals surface area contributed by atoms with Gasteiger partial charge in [-0.1, -0.05) is 46.3 Å². The van der Waals surface area contributed by atoms with Crippen molar-refractivity contribution in [1.82, 2.24) is 9.69 Å². The van der Waals surface area contributed by atoms with E-state index in [1.807, 2.05) is 24.3 Å². The Morgan fingerprint density at radius 3 is 2.91 bits per heavy atom. The van der Waals surface area contributed by atoms with Gasteiger partial charge in [-0.25, -0.2) is 0 Å². The highest BCUT2D eigenvalue weighted by Crippen LogP contribution is 2.27. The first-order chi connectivity index (χ1) is 10.7. The highest BCUT2D eigenvalue weighted by Gasteiger charge is 2.13. The molecule has 1 unspecified atom stereocenters. The molecule has 0 aliphatic rings. The van der Waals surface area contributed by atoms with Crippen LogP contribution in [0.1, 0.15) is 23.7 Å². The summed E-state index contributed by atoms with van der Waals surface area (Å²) in [5, 5.41) is 4.63. The van der Waals surface area contributed by atoms with Crippen molar-refractivity contribution in [2.24, 2.45) is 5.73 Å². The topological polar surface area (TPSA) is 50.9 Å². The van der Waals surface area contributed by atoms with Crippen LogP contribution in [-0.4, -0.2) is 10.9 Å². The van der Waals surface area contributed by atoms with E-state index in [0.29, 0.717) is 0 Å². The number of halogens is 1. The number of hydrogen-bond donors (Lipinski definition) is 2. The first kappa shape index (κ1) is 15.6. The van der Waals surface area contributed by atoms with Crippen molar-refractivity contribution in [3.05, 3.63) is 64.3 Å². The molecule has 0 saturated carbocycles. The van der Waals surface area contributed by atoms with Gasteiger partial charge in [-0.2, -0.15) is 4.37 Å². The lowest BCUT2D eigenvalue weighted by molar-refractivity contribution is 0.576. The molecule has 0 aliphatic carbocycles. The van der Waals surface area contributed by atoms with E-state index >= 15 is 0 Å². The van der Waals surface area contributed by atoms with Gasteiger partial charge >= 0.3 is 0 Å². The molecule has 0 amide bonds. The Bertz CT molecular complexity index is 756. The molecule has 22 heavy (non-hydrogen) atoms. The molecule has 3 rings (SSSR count). The number of rotatable bonds is 6. The number of benzene rings is 2. The van der Waals surface area contributed by atoms with E-state index in [1.54, 1.807) is 0 Å². The summed E-state index contributed by atoms with van der Waals surface area (Å²) in [5.74, 6) is 0. The van der Waals surface area contributed by atoms with E-state index < -0.39 is 0 Å². The number of fused-ring (bicyclic) bond motifs is 1. The first-order valence-corrected chi connectivity index (χ1v) is 8.86. The van der Waals surface area contributed by atoms with Crippen molar-refractivity contribution < 1.29 is 0 Å². The van der Waals surface area contributed by atoms with Gasteiger partial charge in [0.1, 0.15) is 0 Å². The Hall–Kier alpha value is -1.27. The lowest BCUT2D eigenvalue weighted by Crippen LogP contribution is -2.21. The van der Waals surface area contributed by atoms with Gasteiger partial charge in [0.2, 0.25) is 0 Å². The van der Waals surface area contributed by atoms with Crippen molar-refractivity contribution in [2.75, 3.05) is 6.54 Å². The average molecular weight is 376 g/mol. The van der Waals surface area contributed by atoms with Crippen molar-refractivity contribution in [2.45, 2.75) is 19.0 Å². The van der Waals surface area contributed by atoms with Crippen molar-refractivity contribution in [3.8, 4) is 0 Å². The molecule has 3 aromatic rings. The summed E-state index contributed by atoms with van der Waals surface area (Å²) < 4.78 is 6.84. The zero-order valence-electron chi connectivity index (χ0n) is 12.1. The van der Waals surface area contributed by atoms with Gasteiger partial charge in [0.15, 0.2) is 0 Å². The van der Waals surface area contributed by atoms with Crippen LogP contribution in [0.25, 0.3) is 10.1 Å². The monoisotopic (exact) mass is 375 g/mol. The minimum atomic E-state index is -0.0221. The van der Waals surface area contributed by atoms with Crippen LogP contribution in [0.4, 0.5) is 0 Å². The van der Waals surface area contributed by atoms with Gasteiger partial charge in [0, 0.05) is 22.4 Å². The zero-order chi connectivity index (χ0) is 15.4. The molecule has 0 fully saturated rings. The second-order valence-electron chi connectivity index (χ2n) is 5.27. The number of nitrogens with one attached hydrogen (secondary N) is 1. The Morgan fingerprint density at radius 1 is 1.18 bits per heavy atom. The predicted octanol–water partition coefficient (Wildman–Crippen LogP) is 4.24. The third-order valence-corrected chi connectivity index (χ3v) is 4.94. The molecule has 1 aromatic heterocycles. The molecule has 1 heterocycles. The van der Waals surface area contributed by atoms with E-state index in [9.17, 15) is 0 Å². The highest BCUT2D eigenvalue weighted by atomic mass is 79.9. The lowest BCUT2D eigenvalue weighted by Gasteiger charge is -2.11. The van der Waals surface area contributed by atoms with E-state index in [2.05, 4.69) is 49.9 Å². The molecular formula is C17H18BrN3S. The zero-order valence-corrected chi connectivity index (χ0v) is 14.5. The van der Waals surface area contributed by atoms with Crippen molar-refractivity contribution in [3.63, 3.8) is 0 Å². The molecule has 0 radical (unpaired) electrons. The van der Waals surface area contributed by atoms with Gasteiger partial charge in [-0.05, 0) is 48.3 Å². The molecule has 0 aliphatic heterocycles. The van der Waals surface area contributed by atoms with Gasteiger partial charge in [-0.15, -0.1) is 0 Å². The average Bonchev–Trinajstić information content (AvgIpc) is 2.95. The first-order valence-electron chi connectivity index (χ1n) is 7.29. The molecule has 3 nitrogen and oxygen atoms in total. The maximum Gasteiger partial charge on any atom is 0.0788 e. The van der Waals surface area contributed by atoms with Crippen LogP contribution >= 0.6 is 27.5 Å². The van der Waals surface area contributed by atoms with E-state index in [-0.39, 0.29) is 6.04 Å². The molecule has 2 aromatic carbocycles. The molecule has 114 valence electrons. The van der Waals surface area contributed by atoms with Gasteiger partial charge < -0.3 is 11.1 Å². The maximum atomic E-state index is 6.31. The minimum Gasteiger partial charge on any atom is -0.323 e. The van der Waals surface area contributed by atoms with Crippen LogP contribution in [0.3, 0.4) is 0 Å². The van der Waals surface area contributed by atoms with Crippen LogP contribution in [0, 0.1) is 0 Å². The quantitative estimate of drug-likeness (QED) is 0.633. The molecular weight excluding hydrogens is 358 g/mol. The van der Waals surface area contributed by atoms with Crippen molar-refractivity contribution in [1.29, 1.82) is 0 Å². The normalized spacial score (nSPS) is 12.6. The summed E-state index contributed by atoms with van der Waals surface area (Å²) in [6.07, 6.45) is 0.877. The fraction of sp³-hybridized carbons (Fsp3) is 0.235. The van der Waals surface area contributed by atoms with Gasteiger partial charge in [-0.3, -0.25) is 0 Å². The SMILES string of the molecule is NC(CCNCc1cccc(Br)c1)c1nsc2ccccc12. The third kappa shape index (κ3) is 3.73. The Balaban J connectivity index is 1.53. The Morgan fingerprint density at radius 2 is 2.05 bits per heavy atom. The van der Waals surface area contributed by atoms with Gasteiger partial charge in [0.25, 0.3) is 0 Å². The van der Waals surface area contributed by atoms with E-state index in [0.717, 1.165) is 29.7 Å². The number of nitrogens with two attached hydrogens (primary N) is 1. The van der Waals surface area contributed by atoms with Crippen LogP contribution in [-0.2, 0) is 6.54 Å². The summed E-state index contributed by atoms with van der Waals surface area (Å²) in [6, 6.07) is 16.6. The van der Waals surface area contributed by atoms with E-state index in [4.69, 9.17) is 5.73 Å². The van der Waals surface area contributed by atoms with Crippen LogP contribution < -0.4 is 11.1 Å². The fourth-order valence-corrected chi connectivity index (χ4v) is 3.73. The molecule has 0 bridgehead atoms. The number of aromatic nitrogens is 1. The second kappa shape index (κ2) is 7.33. The third-order valence-electron chi connectivity index (χ3n) is 3.61. The summed E-state index contributed by atoms with van der Waals surface area (Å²) in [7, 11) is 0. The molecule has 5 heteroatoms. The number of hydrogen-bond acceptors (Lipinski definition) is 4. The van der Waals surface area contributed by atoms with Crippen molar-refractivity contribution >= 4 is 37.5 Å². The minimum absolute atomic E-state index is 0.0221. The Labute approximate surface area is 142 Å². The summed E-state index contributed by atoms with van der Waals surface area (Å²) in [6.45, 7) is 1.73. The van der Waals surface area contributed by atoms with Crippen LogP contribution in [0.15, 0.2) is 53.0 Å². The fourth-order valence-electron chi connectivity index (χ4n) is 2.45. The van der Waals surface area contributed by atoms with Gasteiger partial charge in [0.05, 0.1) is 10.4 Å². The Kier molecular flexibility index (Phi) is 5.20. The molecule has 1 atom stereocenters. The molecule has 0 saturated heterocycles. The highest BCUT2D eigenvalue weighted by molar-refractivity contribution is 9.10. The number of nitrogens with zero attached hydrogens (tertiary/aromatic N) is 1. The lowest BCUT2D eigenvalue weighted by atomic mass is 10.1. The van der Waals surface area contributed by atoms with E-state index in [1.165, 1.54) is 27.2 Å². The standard InChI is InChI=1S/C17H18BrN3S/c18-13-5-3-4-12(10-13)11-20-9-8-15(19)17-14-6-1-2-7-16(14)22-21-17/h1-7,10,15,20H,8-9,11,19H2. The smallest absolute Gasteiger partial charge is 0.0788 e. The molecule has 0 spiro atoms. The summed E-state index contributed by atoms with van der Waals surface area (Å²) >= 11 is 5.01. The molecule has 3 N–H and O–H groups in total. The maximum absolute atomic E-state index is 6.31. The largest absolute Gasteiger partial charge is 0.323 e. The second-order valence-corrected chi connectivity index (χ2v) is 6.99. The summed E-state index contributed by atoms with van der Waals surface area (Å²) in [5.41, 5.74) is 8.59. The predicted molar refractivity (Wildman–Crippen MR) is 97.0 cm³/mol.